The van der Waals surface area contributed by atoms with Crippen LogP contribution in [0.2, 0.25) is 0 Å². The van der Waals surface area contributed by atoms with Crippen LogP contribution in [0.3, 0.4) is 0 Å². The number of aromatic nitrogens is 2. The van der Waals surface area contributed by atoms with Gasteiger partial charge in [0, 0.05) is 26.7 Å². The Kier molecular flexibility index (Phi) is 4.40. The number of halogens is 1. The second kappa shape index (κ2) is 5.84. The van der Waals surface area contributed by atoms with Crippen molar-refractivity contribution in [2.75, 3.05) is 24.6 Å². The molecule has 0 unspecified atom stereocenters. The summed E-state index contributed by atoms with van der Waals surface area (Å²) in [4.78, 5) is 14.0. The van der Waals surface area contributed by atoms with E-state index in [1.807, 2.05) is 0 Å². The van der Waals surface area contributed by atoms with Crippen molar-refractivity contribution in [3.63, 3.8) is 0 Å². The molecular weight excluding hydrogens is 298 g/mol. The maximum absolute atomic E-state index is 11.8. The van der Waals surface area contributed by atoms with Gasteiger partial charge in [0.05, 0.1) is 11.9 Å². The SMILES string of the molecule is Cn1ncc(N2CCC[C@@H](CCO)C2)c(Br)c1=O. The third-order valence-electron chi connectivity index (χ3n) is 3.46. The van der Waals surface area contributed by atoms with E-state index in [0.717, 1.165) is 38.0 Å². The predicted molar refractivity (Wildman–Crippen MR) is 73.8 cm³/mol. The van der Waals surface area contributed by atoms with Crippen molar-refractivity contribution < 1.29 is 5.11 Å². The molecule has 1 atom stereocenters. The molecule has 0 radical (unpaired) electrons. The molecule has 1 aromatic rings. The largest absolute Gasteiger partial charge is 0.396 e. The summed E-state index contributed by atoms with van der Waals surface area (Å²) >= 11 is 3.36. The van der Waals surface area contributed by atoms with Crippen LogP contribution in [0.25, 0.3) is 0 Å². The monoisotopic (exact) mass is 315 g/mol. The minimum atomic E-state index is -0.114. The molecule has 0 aromatic carbocycles. The van der Waals surface area contributed by atoms with Crippen molar-refractivity contribution in [2.45, 2.75) is 19.3 Å². The molecular formula is C12H18BrN3O2. The molecule has 0 aliphatic carbocycles. The first kappa shape index (κ1) is 13.5. The minimum Gasteiger partial charge on any atom is -0.396 e. The number of rotatable bonds is 3. The van der Waals surface area contributed by atoms with Crippen molar-refractivity contribution in [3.8, 4) is 0 Å². The standard InChI is InChI=1S/C12H18BrN3O2/c1-15-12(18)11(13)10(7-14-15)16-5-2-3-9(8-16)4-6-17/h7,9,17H,2-6,8H2,1H3/t9-/m0/s1. The highest BCUT2D eigenvalue weighted by Gasteiger charge is 2.22. The zero-order valence-corrected chi connectivity index (χ0v) is 12.1. The van der Waals surface area contributed by atoms with Gasteiger partial charge in [-0.25, -0.2) is 4.68 Å². The van der Waals surface area contributed by atoms with Gasteiger partial charge in [-0.1, -0.05) is 0 Å². The van der Waals surface area contributed by atoms with E-state index in [0.29, 0.717) is 10.4 Å². The van der Waals surface area contributed by atoms with E-state index in [-0.39, 0.29) is 12.2 Å². The number of piperidine rings is 1. The fourth-order valence-corrected chi connectivity index (χ4v) is 3.03. The van der Waals surface area contributed by atoms with Gasteiger partial charge in [-0.3, -0.25) is 4.79 Å². The molecule has 0 spiro atoms. The van der Waals surface area contributed by atoms with Crippen LogP contribution in [-0.4, -0.2) is 34.6 Å². The van der Waals surface area contributed by atoms with Crippen molar-refractivity contribution >= 4 is 21.6 Å². The zero-order chi connectivity index (χ0) is 13.1. The van der Waals surface area contributed by atoms with E-state index in [9.17, 15) is 4.79 Å². The average Bonchev–Trinajstić information content (AvgIpc) is 2.37. The van der Waals surface area contributed by atoms with E-state index in [1.54, 1.807) is 13.2 Å². The lowest BCUT2D eigenvalue weighted by Gasteiger charge is -2.34. The summed E-state index contributed by atoms with van der Waals surface area (Å²) in [5, 5.41) is 13.1. The van der Waals surface area contributed by atoms with E-state index >= 15 is 0 Å². The molecule has 1 aromatic heterocycles. The molecule has 18 heavy (non-hydrogen) atoms. The number of aliphatic hydroxyl groups is 1. The summed E-state index contributed by atoms with van der Waals surface area (Å²) in [6.07, 6.45) is 4.79. The molecule has 5 nitrogen and oxygen atoms in total. The fourth-order valence-electron chi connectivity index (χ4n) is 2.42. The van der Waals surface area contributed by atoms with Gasteiger partial charge in [0.2, 0.25) is 0 Å². The lowest BCUT2D eigenvalue weighted by molar-refractivity contribution is 0.244. The van der Waals surface area contributed by atoms with Crippen LogP contribution in [0.5, 0.6) is 0 Å². The van der Waals surface area contributed by atoms with Gasteiger partial charge in [-0.2, -0.15) is 5.10 Å². The van der Waals surface area contributed by atoms with Gasteiger partial charge >= 0.3 is 0 Å². The number of nitrogens with zero attached hydrogens (tertiary/aromatic N) is 3. The molecule has 0 bridgehead atoms. The summed E-state index contributed by atoms with van der Waals surface area (Å²) < 4.78 is 1.90. The molecule has 1 aliphatic rings. The minimum absolute atomic E-state index is 0.114. The average molecular weight is 316 g/mol. The smallest absolute Gasteiger partial charge is 0.282 e. The van der Waals surface area contributed by atoms with Gasteiger partial charge in [0.1, 0.15) is 4.47 Å². The lowest BCUT2D eigenvalue weighted by Crippen LogP contribution is -2.37. The van der Waals surface area contributed by atoms with E-state index in [4.69, 9.17) is 5.11 Å². The van der Waals surface area contributed by atoms with Crippen LogP contribution in [0.4, 0.5) is 5.69 Å². The van der Waals surface area contributed by atoms with Gasteiger partial charge in [-0.05, 0) is 41.1 Å². The highest BCUT2D eigenvalue weighted by atomic mass is 79.9. The number of anilines is 1. The number of hydrogen-bond donors (Lipinski definition) is 1. The van der Waals surface area contributed by atoms with Crippen LogP contribution < -0.4 is 10.5 Å². The second-order valence-corrected chi connectivity index (χ2v) is 5.53. The first-order chi connectivity index (χ1) is 8.63. The first-order valence-corrected chi connectivity index (χ1v) is 7.00. The molecule has 100 valence electrons. The predicted octanol–water partition coefficient (Wildman–Crippen LogP) is 1.14. The maximum Gasteiger partial charge on any atom is 0.282 e. The summed E-state index contributed by atoms with van der Waals surface area (Å²) in [5.41, 5.74) is 0.748. The van der Waals surface area contributed by atoms with Crippen molar-refractivity contribution in [1.82, 2.24) is 9.78 Å². The fraction of sp³-hybridized carbons (Fsp3) is 0.667. The Hall–Kier alpha value is -0.880. The normalized spacial score (nSPS) is 20.2. The molecule has 2 heterocycles. The highest BCUT2D eigenvalue weighted by molar-refractivity contribution is 9.10. The van der Waals surface area contributed by atoms with E-state index in [2.05, 4.69) is 25.9 Å². The second-order valence-electron chi connectivity index (χ2n) is 4.74. The van der Waals surface area contributed by atoms with Crippen molar-refractivity contribution in [1.29, 1.82) is 0 Å². The Morgan fingerprint density at radius 3 is 3.11 bits per heavy atom. The molecule has 0 amide bonds. The first-order valence-electron chi connectivity index (χ1n) is 6.21. The maximum atomic E-state index is 11.8. The number of aliphatic hydroxyl groups excluding tert-OH is 1. The Morgan fingerprint density at radius 2 is 2.39 bits per heavy atom. The van der Waals surface area contributed by atoms with Crippen molar-refractivity contribution in [3.05, 3.63) is 21.0 Å². The molecule has 1 saturated heterocycles. The third-order valence-corrected chi connectivity index (χ3v) is 4.20. The number of hydrogen-bond acceptors (Lipinski definition) is 4. The lowest BCUT2D eigenvalue weighted by atomic mass is 9.95. The number of aryl methyl sites for hydroxylation is 1. The summed E-state index contributed by atoms with van der Waals surface area (Å²) in [5.74, 6) is 0.500. The van der Waals surface area contributed by atoms with Crippen LogP contribution in [0.1, 0.15) is 19.3 Å². The van der Waals surface area contributed by atoms with Crippen LogP contribution in [-0.2, 0) is 7.05 Å². The van der Waals surface area contributed by atoms with Crippen LogP contribution in [0.15, 0.2) is 15.5 Å². The van der Waals surface area contributed by atoms with Gasteiger partial charge in [0.15, 0.2) is 0 Å². The van der Waals surface area contributed by atoms with Crippen LogP contribution in [0, 0.1) is 5.92 Å². The van der Waals surface area contributed by atoms with Gasteiger partial charge < -0.3 is 10.0 Å². The summed E-state index contributed by atoms with van der Waals surface area (Å²) in [6, 6.07) is 0. The Bertz CT molecular complexity index is 473. The summed E-state index contributed by atoms with van der Waals surface area (Å²) in [6.45, 7) is 2.05. The Balaban J connectivity index is 2.21. The topological polar surface area (TPSA) is 58.4 Å². The molecule has 2 rings (SSSR count). The third kappa shape index (κ3) is 2.75. The molecule has 6 heteroatoms. The van der Waals surface area contributed by atoms with Crippen LogP contribution >= 0.6 is 15.9 Å². The summed E-state index contributed by atoms with van der Waals surface area (Å²) in [7, 11) is 1.64. The molecule has 1 fully saturated rings. The van der Waals surface area contributed by atoms with E-state index < -0.39 is 0 Å². The zero-order valence-electron chi connectivity index (χ0n) is 10.5. The van der Waals surface area contributed by atoms with Crippen molar-refractivity contribution in [2.24, 2.45) is 13.0 Å². The Morgan fingerprint density at radius 1 is 1.61 bits per heavy atom. The highest BCUT2D eigenvalue weighted by Crippen LogP contribution is 2.28. The molecule has 1 N–H and O–H groups in total. The molecule has 0 saturated carbocycles. The van der Waals surface area contributed by atoms with E-state index in [1.165, 1.54) is 4.68 Å². The van der Waals surface area contributed by atoms with Gasteiger partial charge in [-0.15, -0.1) is 0 Å². The Labute approximate surface area is 115 Å². The van der Waals surface area contributed by atoms with Gasteiger partial charge in [0.25, 0.3) is 5.56 Å². The quantitative estimate of drug-likeness (QED) is 0.909. The molecule has 1 aliphatic heterocycles.